The molecule has 1 rings (SSSR count). The van der Waals surface area contributed by atoms with E-state index in [-0.39, 0.29) is 5.41 Å². The highest BCUT2D eigenvalue weighted by molar-refractivity contribution is 8.01. The number of carbonyl (C=O) groups is 1. The first-order valence-electron chi connectivity index (χ1n) is 5.89. The second-order valence-corrected chi connectivity index (χ2v) is 7.27. The number of thioether (sulfide) groups is 1. The molecule has 1 aliphatic carbocycles. The average Bonchev–Trinajstić information content (AvgIpc) is 2.11. The average molecular weight is 245 g/mol. The van der Waals surface area contributed by atoms with Crippen LogP contribution in [-0.4, -0.2) is 28.1 Å². The predicted octanol–water partition coefficient (Wildman–Crippen LogP) is 2.35. The molecule has 94 valence electrons. The third-order valence-electron chi connectivity index (χ3n) is 3.23. The fourth-order valence-corrected chi connectivity index (χ4v) is 4.61. The van der Waals surface area contributed by atoms with E-state index in [0.29, 0.717) is 12.5 Å². The number of carboxylic acid groups (broad SMARTS) is 1. The molecule has 0 aliphatic heterocycles. The van der Waals surface area contributed by atoms with Crippen LogP contribution < -0.4 is 5.73 Å². The van der Waals surface area contributed by atoms with E-state index in [1.165, 1.54) is 11.8 Å². The van der Waals surface area contributed by atoms with Gasteiger partial charge in [-0.05, 0) is 30.6 Å². The Bertz CT molecular complexity index is 268. The minimum atomic E-state index is -0.662. The zero-order valence-electron chi connectivity index (χ0n) is 10.5. The van der Waals surface area contributed by atoms with Gasteiger partial charge in [-0.2, -0.15) is 0 Å². The second kappa shape index (κ2) is 4.96. The fourth-order valence-electron chi connectivity index (χ4n) is 3.08. The van der Waals surface area contributed by atoms with Crippen molar-refractivity contribution in [1.29, 1.82) is 0 Å². The first-order chi connectivity index (χ1) is 7.31. The van der Waals surface area contributed by atoms with Gasteiger partial charge < -0.3 is 10.8 Å². The molecule has 2 atom stereocenters. The first-order valence-corrected chi connectivity index (χ1v) is 6.87. The van der Waals surface area contributed by atoms with Crippen molar-refractivity contribution in [3.63, 3.8) is 0 Å². The Morgan fingerprint density at radius 1 is 1.50 bits per heavy atom. The summed E-state index contributed by atoms with van der Waals surface area (Å²) in [6, 6.07) is 0. The van der Waals surface area contributed by atoms with Crippen LogP contribution in [-0.2, 0) is 4.79 Å². The van der Waals surface area contributed by atoms with Crippen LogP contribution in [0.1, 0.15) is 40.0 Å². The summed E-state index contributed by atoms with van der Waals surface area (Å²) in [6.45, 7) is 7.04. The molecule has 0 radical (unpaired) electrons. The molecule has 1 saturated carbocycles. The topological polar surface area (TPSA) is 63.3 Å². The Kier molecular flexibility index (Phi) is 4.29. The SMILES string of the molecule is CC1CC(C)(C)CC(SCCN)(C(=O)O)C1. The molecule has 0 spiro atoms. The molecule has 0 bridgehead atoms. The Morgan fingerprint density at radius 3 is 2.56 bits per heavy atom. The van der Waals surface area contributed by atoms with Crippen molar-refractivity contribution in [3.8, 4) is 0 Å². The van der Waals surface area contributed by atoms with Crippen LogP contribution in [0, 0.1) is 11.3 Å². The van der Waals surface area contributed by atoms with Gasteiger partial charge in [0.15, 0.2) is 0 Å². The van der Waals surface area contributed by atoms with Gasteiger partial charge in [0.05, 0.1) is 0 Å². The monoisotopic (exact) mass is 245 g/mol. The summed E-state index contributed by atoms with van der Waals surface area (Å²) < 4.78 is -0.611. The quantitative estimate of drug-likeness (QED) is 0.798. The molecule has 0 saturated heterocycles. The van der Waals surface area contributed by atoms with E-state index in [9.17, 15) is 9.90 Å². The van der Waals surface area contributed by atoms with Gasteiger partial charge in [-0.15, -0.1) is 11.8 Å². The molecule has 0 amide bonds. The van der Waals surface area contributed by atoms with E-state index in [0.717, 1.165) is 25.0 Å². The highest BCUT2D eigenvalue weighted by Crippen LogP contribution is 2.50. The van der Waals surface area contributed by atoms with E-state index in [4.69, 9.17) is 5.73 Å². The van der Waals surface area contributed by atoms with Crippen LogP contribution in [0.4, 0.5) is 0 Å². The molecule has 1 fully saturated rings. The van der Waals surface area contributed by atoms with Gasteiger partial charge in [-0.25, -0.2) is 0 Å². The van der Waals surface area contributed by atoms with Crippen molar-refractivity contribution in [2.24, 2.45) is 17.1 Å². The van der Waals surface area contributed by atoms with Gasteiger partial charge in [0.1, 0.15) is 4.75 Å². The second-order valence-electron chi connectivity index (χ2n) is 5.79. The molecule has 3 N–H and O–H groups in total. The summed E-state index contributed by atoms with van der Waals surface area (Å²) >= 11 is 1.53. The summed E-state index contributed by atoms with van der Waals surface area (Å²) in [5.74, 6) is 0.547. The number of rotatable bonds is 4. The van der Waals surface area contributed by atoms with E-state index in [2.05, 4.69) is 20.8 Å². The van der Waals surface area contributed by atoms with Gasteiger partial charge in [-0.3, -0.25) is 4.79 Å². The van der Waals surface area contributed by atoms with Gasteiger partial charge in [0.2, 0.25) is 0 Å². The summed E-state index contributed by atoms with van der Waals surface area (Å²) in [5.41, 5.74) is 5.62. The number of hydrogen-bond donors (Lipinski definition) is 2. The van der Waals surface area contributed by atoms with Crippen molar-refractivity contribution in [1.82, 2.24) is 0 Å². The lowest BCUT2D eigenvalue weighted by Crippen LogP contribution is -2.46. The maximum Gasteiger partial charge on any atom is 0.319 e. The molecular formula is C12H23NO2S. The Labute approximate surface area is 102 Å². The molecule has 0 heterocycles. The Hall–Kier alpha value is -0.220. The summed E-state index contributed by atoms with van der Waals surface area (Å²) in [5, 5.41) is 9.50. The molecule has 1 aliphatic rings. The molecule has 0 aromatic carbocycles. The number of aliphatic carboxylic acids is 1. The third kappa shape index (κ3) is 3.14. The highest BCUT2D eigenvalue weighted by atomic mass is 32.2. The van der Waals surface area contributed by atoms with Crippen LogP contribution in [0.25, 0.3) is 0 Å². The zero-order valence-corrected chi connectivity index (χ0v) is 11.3. The fraction of sp³-hybridized carbons (Fsp3) is 0.917. The lowest BCUT2D eigenvalue weighted by molar-refractivity contribution is -0.142. The van der Waals surface area contributed by atoms with Gasteiger partial charge >= 0.3 is 5.97 Å². The van der Waals surface area contributed by atoms with Crippen molar-refractivity contribution in [2.45, 2.75) is 44.8 Å². The molecule has 4 heteroatoms. The first kappa shape index (κ1) is 13.8. The van der Waals surface area contributed by atoms with E-state index in [1.54, 1.807) is 0 Å². The van der Waals surface area contributed by atoms with Gasteiger partial charge in [0, 0.05) is 12.3 Å². The van der Waals surface area contributed by atoms with Crippen LogP contribution in [0.5, 0.6) is 0 Å². The Balaban J connectivity index is 2.87. The number of carboxylic acids is 1. The van der Waals surface area contributed by atoms with Crippen molar-refractivity contribution in [3.05, 3.63) is 0 Å². The van der Waals surface area contributed by atoms with E-state index < -0.39 is 10.7 Å². The summed E-state index contributed by atoms with van der Waals surface area (Å²) in [6.07, 6.45) is 2.64. The molecule has 3 nitrogen and oxygen atoms in total. The predicted molar refractivity (Wildman–Crippen MR) is 68.7 cm³/mol. The molecule has 16 heavy (non-hydrogen) atoms. The number of nitrogens with two attached hydrogens (primary N) is 1. The molecule has 0 aromatic rings. The van der Waals surface area contributed by atoms with Crippen molar-refractivity contribution in [2.75, 3.05) is 12.3 Å². The van der Waals surface area contributed by atoms with Crippen molar-refractivity contribution >= 4 is 17.7 Å². The van der Waals surface area contributed by atoms with Crippen LogP contribution in [0.2, 0.25) is 0 Å². The lowest BCUT2D eigenvalue weighted by atomic mass is 9.67. The zero-order chi connectivity index (χ0) is 12.4. The smallest absolute Gasteiger partial charge is 0.319 e. The number of hydrogen-bond acceptors (Lipinski definition) is 3. The van der Waals surface area contributed by atoms with Gasteiger partial charge in [-0.1, -0.05) is 20.8 Å². The van der Waals surface area contributed by atoms with E-state index in [1.807, 2.05) is 0 Å². The summed E-state index contributed by atoms with van der Waals surface area (Å²) in [7, 11) is 0. The third-order valence-corrected chi connectivity index (χ3v) is 4.71. The van der Waals surface area contributed by atoms with Gasteiger partial charge in [0.25, 0.3) is 0 Å². The molecule has 2 unspecified atom stereocenters. The highest BCUT2D eigenvalue weighted by Gasteiger charge is 2.48. The van der Waals surface area contributed by atoms with E-state index >= 15 is 0 Å². The largest absolute Gasteiger partial charge is 0.480 e. The summed E-state index contributed by atoms with van der Waals surface area (Å²) in [4.78, 5) is 11.6. The standard InChI is InChI=1S/C12H23NO2S/c1-9-6-11(2,3)8-12(7-9,10(14)15)16-5-4-13/h9H,4-8,13H2,1-3H3,(H,14,15). The Morgan fingerprint density at radius 2 is 2.12 bits per heavy atom. The maximum atomic E-state index is 11.6. The minimum absolute atomic E-state index is 0.123. The van der Waals surface area contributed by atoms with Crippen LogP contribution in [0.3, 0.4) is 0 Å². The lowest BCUT2D eigenvalue weighted by Gasteiger charge is -2.44. The van der Waals surface area contributed by atoms with Crippen molar-refractivity contribution < 1.29 is 9.90 Å². The van der Waals surface area contributed by atoms with Crippen LogP contribution in [0.15, 0.2) is 0 Å². The maximum absolute atomic E-state index is 11.6. The molecular weight excluding hydrogens is 222 g/mol. The molecule has 0 aromatic heterocycles. The minimum Gasteiger partial charge on any atom is -0.480 e. The van der Waals surface area contributed by atoms with Crippen LogP contribution >= 0.6 is 11.8 Å². The normalized spacial score (nSPS) is 33.6.